The maximum Gasteiger partial charge on any atom is 0.371 e. The molecule has 194 valence electrons. The van der Waals surface area contributed by atoms with E-state index in [0.29, 0.717) is 58.5 Å². The third kappa shape index (κ3) is 6.29. The van der Waals surface area contributed by atoms with Gasteiger partial charge in [-0.2, -0.15) is 0 Å². The number of nitrogens with zero attached hydrogens (tertiary/aromatic N) is 3. The van der Waals surface area contributed by atoms with Crippen LogP contribution >= 0.6 is 0 Å². The van der Waals surface area contributed by atoms with Crippen molar-refractivity contribution in [1.82, 2.24) is 14.7 Å². The first kappa shape index (κ1) is 26.9. The number of esters is 2. The number of carbonyl (C=O) groups excluding carboxylic acids is 3. The molecule has 0 aromatic heterocycles. The predicted octanol–water partition coefficient (Wildman–Crippen LogP) is 2.38. The number of rotatable bonds is 7. The molecular formula is C25H43N3O6. The maximum absolute atomic E-state index is 13.9. The van der Waals surface area contributed by atoms with E-state index in [1.807, 2.05) is 32.6 Å². The van der Waals surface area contributed by atoms with Gasteiger partial charge in [0, 0.05) is 46.2 Å². The zero-order chi connectivity index (χ0) is 24.9. The van der Waals surface area contributed by atoms with E-state index in [-0.39, 0.29) is 29.9 Å². The molecule has 0 radical (unpaired) electrons. The lowest BCUT2D eigenvalue weighted by atomic mass is 9.87. The average Bonchev–Trinajstić information content (AvgIpc) is 3.32. The van der Waals surface area contributed by atoms with Gasteiger partial charge >= 0.3 is 11.9 Å². The van der Waals surface area contributed by atoms with Crippen LogP contribution in [-0.4, -0.2) is 96.0 Å². The van der Waals surface area contributed by atoms with Gasteiger partial charge in [-0.1, -0.05) is 0 Å². The van der Waals surface area contributed by atoms with Gasteiger partial charge in [0.25, 0.3) is 5.85 Å². The van der Waals surface area contributed by atoms with Gasteiger partial charge in [0.2, 0.25) is 5.91 Å². The predicted molar refractivity (Wildman–Crippen MR) is 127 cm³/mol. The molecule has 1 atom stereocenters. The maximum atomic E-state index is 13.9. The summed E-state index contributed by atoms with van der Waals surface area (Å²) in [5.74, 6) is -1.91. The molecule has 34 heavy (non-hydrogen) atoms. The Morgan fingerprint density at radius 1 is 0.853 bits per heavy atom. The van der Waals surface area contributed by atoms with Crippen LogP contribution in [0, 0.1) is 5.92 Å². The Labute approximate surface area is 204 Å². The summed E-state index contributed by atoms with van der Waals surface area (Å²) < 4.78 is 18.0. The van der Waals surface area contributed by atoms with E-state index in [9.17, 15) is 14.4 Å². The van der Waals surface area contributed by atoms with Crippen molar-refractivity contribution in [1.29, 1.82) is 0 Å². The van der Waals surface area contributed by atoms with E-state index in [4.69, 9.17) is 14.2 Å². The van der Waals surface area contributed by atoms with Crippen LogP contribution in [-0.2, 0) is 28.6 Å². The molecule has 1 amide bonds. The number of ether oxygens (including phenoxy) is 3. The zero-order valence-electron chi connectivity index (χ0n) is 21.6. The van der Waals surface area contributed by atoms with Crippen LogP contribution in [0.3, 0.4) is 0 Å². The lowest BCUT2D eigenvalue weighted by molar-refractivity contribution is -0.281. The molecule has 3 rings (SSSR count). The quantitative estimate of drug-likeness (QED) is 0.512. The van der Waals surface area contributed by atoms with Gasteiger partial charge in [-0.25, -0.2) is 9.69 Å². The van der Waals surface area contributed by atoms with E-state index in [2.05, 4.69) is 9.80 Å². The number of likely N-dealkylation sites (tertiary alicyclic amines) is 1. The lowest BCUT2D eigenvalue weighted by Gasteiger charge is -2.51. The Kier molecular flexibility index (Phi) is 8.98. The van der Waals surface area contributed by atoms with E-state index in [1.54, 1.807) is 6.92 Å². The summed E-state index contributed by atoms with van der Waals surface area (Å²) in [7, 11) is 0. The van der Waals surface area contributed by atoms with Crippen molar-refractivity contribution in [2.75, 3.05) is 45.9 Å². The fourth-order valence-corrected chi connectivity index (χ4v) is 5.25. The second-order valence-corrected chi connectivity index (χ2v) is 10.6. The summed E-state index contributed by atoms with van der Waals surface area (Å²) >= 11 is 0. The second kappa shape index (κ2) is 11.4. The standard InChI is InChI=1S/C25H43N3O6/c1-6-32-22(30)20-9-11-21(12-10-20)33-25(27-13-7-8-14-27,23(31)34-24(3,4)5)28-17-15-26(16-18-28)19(2)29/h20-21H,6-18H2,1-5H3. The Morgan fingerprint density at radius 3 is 1.91 bits per heavy atom. The summed E-state index contributed by atoms with van der Waals surface area (Å²) in [6.45, 7) is 13.1. The van der Waals surface area contributed by atoms with Gasteiger partial charge in [0.1, 0.15) is 5.60 Å². The van der Waals surface area contributed by atoms with Crippen LogP contribution in [0.15, 0.2) is 0 Å². The Balaban J connectivity index is 1.85. The average molecular weight is 482 g/mol. The SMILES string of the molecule is CCOC(=O)C1CCC(OC(C(=O)OC(C)(C)C)(N2CCCC2)N2CCN(C(C)=O)CC2)CC1. The molecule has 0 spiro atoms. The Hall–Kier alpha value is -1.71. The number of amides is 1. The highest BCUT2D eigenvalue weighted by Gasteiger charge is 2.56. The highest BCUT2D eigenvalue weighted by Crippen LogP contribution is 2.36. The summed E-state index contributed by atoms with van der Waals surface area (Å²) in [6, 6.07) is 0. The molecule has 2 aliphatic heterocycles. The smallest absolute Gasteiger partial charge is 0.371 e. The van der Waals surface area contributed by atoms with Gasteiger partial charge in [-0.15, -0.1) is 0 Å². The van der Waals surface area contributed by atoms with Crippen molar-refractivity contribution in [2.24, 2.45) is 5.92 Å². The molecule has 2 heterocycles. The fraction of sp³-hybridized carbons (Fsp3) is 0.880. The number of piperazine rings is 1. The van der Waals surface area contributed by atoms with Crippen LogP contribution in [0.25, 0.3) is 0 Å². The molecule has 3 aliphatic rings. The molecule has 0 aromatic rings. The lowest BCUT2D eigenvalue weighted by Crippen LogP contribution is -2.71. The third-order valence-electron chi connectivity index (χ3n) is 6.98. The van der Waals surface area contributed by atoms with E-state index >= 15 is 0 Å². The highest BCUT2D eigenvalue weighted by molar-refractivity contribution is 5.79. The van der Waals surface area contributed by atoms with Gasteiger partial charge in [0.15, 0.2) is 0 Å². The number of hydrogen-bond donors (Lipinski definition) is 0. The molecule has 0 aromatic carbocycles. The first-order chi connectivity index (χ1) is 16.1. The van der Waals surface area contributed by atoms with E-state index < -0.39 is 11.4 Å². The fourth-order valence-electron chi connectivity index (χ4n) is 5.25. The van der Waals surface area contributed by atoms with E-state index in [1.165, 1.54) is 0 Å². The molecule has 1 aliphatic carbocycles. The van der Waals surface area contributed by atoms with Gasteiger partial charge < -0.3 is 19.1 Å². The van der Waals surface area contributed by atoms with Crippen molar-refractivity contribution in [3.63, 3.8) is 0 Å². The Morgan fingerprint density at radius 2 is 1.41 bits per heavy atom. The van der Waals surface area contributed by atoms with Gasteiger partial charge in [0.05, 0.1) is 18.6 Å². The molecule has 1 saturated carbocycles. The second-order valence-electron chi connectivity index (χ2n) is 10.6. The molecule has 0 N–H and O–H groups in total. The Bertz CT molecular complexity index is 717. The van der Waals surface area contributed by atoms with Crippen molar-refractivity contribution < 1.29 is 28.6 Å². The highest BCUT2D eigenvalue weighted by atomic mass is 16.6. The summed E-state index contributed by atoms with van der Waals surface area (Å²) in [6.07, 6.45) is 4.58. The summed E-state index contributed by atoms with van der Waals surface area (Å²) in [4.78, 5) is 44.1. The first-order valence-corrected chi connectivity index (χ1v) is 12.9. The molecule has 0 bridgehead atoms. The van der Waals surface area contributed by atoms with Crippen LogP contribution in [0.5, 0.6) is 0 Å². The topological polar surface area (TPSA) is 88.6 Å². The largest absolute Gasteiger partial charge is 0.466 e. The number of hydrogen-bond acceptors (Lipinski definition) is 8. The zero-order valence-corrected chi connectivity index (χ0v) is 21.6. The molecule has 1 unspecified atom stereocenters. The van der Waals surface area contributed by atoms with Crippen LogP contribution in [0.4, 0.5) is 0 Å². The summed E-state index contributed by atoms with van der Waals surface area (Å²) in [5, 5.41) is 0. The van der Waals surface area contributed by atoms with Crippen molar-refractivity contribution in [3.05, 3.63) is 0 Å². The molecule has 9 heteroatoms. The van der Waals surface area contributed by atoms with Crippen molar-refractivity contribution >= 4 is 17.8 Å². The van der Waals surface area contributed by atoms with Crippen LogP contribution in [0.2, 0.25) is 0 Å². The third-order valence-corrected chi connectivity index (χ3v) is 6.98. The summed E-state index contributed by atoms with van der Waals surface area (Å²) in [5.41, 5.74) is -0.659. The minimum atomic E-state index is -1.33. The van der Waals surface area contributed by atoms with Crippen molar-refractivity contribution in [3.8, 4) is 0 Å². The monoisotopic (exact) mass is 481 g/mol. The van der Waals surface area contributed by atoms with Crippen molar-refractivity contribution in [2.45, 2.75) is 90.7 Å². The van der Waals surface area contributed by atoms with E-state index in [0.717, 1.165) is 25.9 Å². The number of carbonyl (C=O) groups is 3. The van der Waals surface area contributed by atoms with Gasteiger partial charge in [-0.05, 0) is 66.2 Å². The minimum Gasteiger partial charge on any atom is -0.466 e. The van der Waals surface area contributed by atoms with Crippen LogP contribution < -0.4 is 0 Å². The van der Waals surface area contributed by atoms with Crippen LogP contribution in [0.1, 0.15) is 73.1 Å². The molecule has 9 nitrogen and oxygen atoms in total. The van der Waals surface area contributed by atoms with Gasteiger partial charge in [-0.3, -0.25) is 14.5 Å². The molecule has 3 fully saturated rings. The minimum absolute atomic E-state index is 0.0434. The molecule has 2 saturated heterocycles. The molecular weight excluding hydrogens is 438 g/mol. The first-order valence-electron chi connectivity index (χ1n) is 12.9. The normalized spacial score (nSPS) is 26.7.